The first kappa shape index (κ1) is 16.9. The largest absolute Gasteiger partial charge is 0.490 e. The summed E-state index contributed by atoms with van der Waals surface area (Å²) in [4.78, 5) is 10.1. The van der Waals surface area contributed by atoms with Crippen molar-refractivity contribution in [3.8, 4) is 17.4 Å². The van der Waals surface area contributed by atoms with E-state index in [1.165, 1.54) is 13.2 Å². The molecule has 0 atom stereocenters. The maximum Gasteiger partial charge on any atom is 0.434 e. The van der Waals surface area contributed by atoms with Gasteiger partial charge in [0.15, 0.2) is 5.69 Å². The number of aryl methyl sites for hydroxylation is 1. The Kier molecular flexibility index (Phi) is 4.37. The smallest absolute Gasteiger partial charge is 0.434 e. The Morgan fingerprint density at radius 2 is 2.04 bits per heavy atom. The van der Waals surface area contributed by atoms with Crippen LogP contribution in [0.5, 0.6) is 17.4 Å². The summed E-state index contributed by atoms with van der Waals surface area (Å²) in [5.74, 6) is -0.603. The molecule has 1 heterocycles. The van der Waals surface area contributed by atoms with Crippen LogP contribution in [-0.4, -0.2) is 21.8 Å². The van der Waals surface area contributed by atoms with E-state index in [0.717, 1.165) is 19.2 Å². The van der Waals surface area contributed by atoms with Gasteiger partial charge in [0.2, 0.25) is 5.75 Å². The van der Waals surface area contributed by atoms with Crippen LogP contribution in [0.4, 0.5) is 18.9 Å². The van der Waals surface area contributed by atoms with E-state index in [1.807, 2.05) is 0 Å². The van der Waals surface area contributed by atoms with Crippen LogP contribution in [0.1, 0.15) is 5.69 Å². The first-order valence-corrected chi connectivity index (χ1v) is 6.33. The van der Waals surface area contributed by atoms with E-state index in [9.17, 15) is 23.3 Å². The van der Waals surface area contributed by atoms with Gasteiger partial charge < -0.3 is 9.47 Å². The van der Waals surface area contributed by atoms with E-state index in [1.54, 1.807) is 0 Å². The van der Waals surface area contributed by atoms with Gasteiger partial charge in [-0.25, -0.2) is 0 Å². The number of nitrogens with zero attached hydrogens (tertiary/aromatic N) is 3. The summed E-state index contributed by atoms with van der Waals surface area (Å²) in [5, 5.41) is 13.6. The lowest BCUT2D eigenvalue weighted by molar-refractivity contribution is -0.385. The fourth-order valence-electron chi connectivity index (χ4n) is 1.83. The SMILES string of the molecule is COc1cc(Oc2nn(C)c(C(F)(F)F)c2Cl)ccc1[N+](=O)[O-]. The van der Waals surface area contributed by atoms with Crippen LogP contribution in [-0.2, 0) is 13.2 Å². The van der Waals surface area contributed by atoms with E-state index in [0.29, 0.717) is 4.68 Å². The number of methoxy groups -OCH3 is 1. The highest BCUT2D eigenvalue weighted by atomic mass is 35.5. The van der Waals surface area contributed by atoms with Crippen LogP contribution < -0.4 is 9.47 Å². The topological polar surface area (TPSA) is 79.4 Å². The quantitative estimate of drug-likeness (QED) is 0.618. The van der Waals surface area contributed by atoms with Crippen LogP contribution in [0, 0.1) is 10.1 Å². The van der Waals surface area contributed by atoms with Gasteiger partial charge in [-0.3, -0.25) is 14.8 Å². The molecule has 1 aromatic heterocycles. The molecule has 2 aromatic rings. The van der Waals surface area contributed by atoms with Gasteiger partial charge in [-0.2, -0.15) is 13.2 Å². The zero-order valence-corrected chi connectivity index (χ0v) is 12.5. The van der Waals surface area contributed by atoms with Gasteiger partial charge in [-0.15, -0.1) is 5.10 Å². The number of aromatic nitrogens is 2. The Balaban J connectivity index is 2.39. The molecule has 124 valence electrons. The molecule has 0 aliphatic heterocycles. The number of nitro benzene ring substituents is 1. The van der Waals surface area contributed by atoms with E-state index < -0.39 is 27.7 Å². The van der Waals surface area contributed by atoms with Crippen LogP contribution in [0.15, 0.2) is 18.2 Å². The van der Waals surface area contributed by atoms with Gasteiger partial charge in [-0.1, -0.05) is 11.6 Å². The highest BCUT2D eigenvalue weighted by Crippen LogP contribution is 2.41. The average Bonchev–Trinajstić information content (AvgIpc) is 2.72. The molecule has 0 aliphatic rings. The Hall–Kier alpha value is -2.49. The second kappa shape index (κ2) is 5.95. The normalized spacial score (nSPS) is 11.4. The molecule has 0 saturated carbocycles. The van der Waals surface area contributed by atoms with E-state index in [4.69, 9.17) is 21.1 Å². The predicted molar refractivity (Wildman–Crippen MR) is 72.9 cm³/mol. The molecular weight excluding hydrogens is 343 g/mol. The number of rotatable bonds is 4. The molecule has 23 heavy (non-hydrogen) atoms. The summed E-state index contributed by atoms with van der Waals surface area (Å²) in [7, 11) is 2.28. The van der Waals surface area contributed by atoms with Crippen molar-refractivity contribution in [2.45, 2.75) is 6.18 Å². The summed E-state index contributed by atoms with van der Waals surface area (Å²) in [6.07, 6.45) is -4.70. The lowest BCUT2D eigenvalue weighted by Gasteiger charge is -2.07. The summed E-state index contributed by atoms with van der Waals surface area (Å²) < 4.78 is 49.0. The standard InChI is InChI=1S/C12H9ClF3N3O4/c1-18-10(12(14,15)16)9(13)11(17-18)23-6-3-4-7(19(20)21)8(5-6)22-2/h3-5H,1-2H3. The van der Waals surface area contributed by atoms with Gasteiger partial charge in [-0.05, 0) is 6.07 Å². The van der Waals surface area contributed by atoms with Crippen molar-refractivity contribution >= 4 is 17.3 Å². The zero-order valence-electron chi connectivity index (χ0n) is 11.7. The summed E-state index contributed by atoms with van der Waals surface area (Å²) >= 11 is 5.65. The number of hydrogen-bond donors (Lipinski definition) is 0. The third kappa shape index (κ3) is 3.31. The lowest BCUT2D eigenvalue weighted by atomic mass is 10.3. The monoisotopic (exact) mass is 351 g/mol. The molecule has 0 N–H and O–H groups in total. The molecule has 0 unspecified atom stereocenters. The van der Waals surface area contributed by atoms with Gasteiger partial charge in [0, 0.05) is 19.2 Å². The molecule has 0 amide bonds. The van der Waals surface area contributed by atoms with Crippen molar-refractivity contribution in [1.82, 2.24) is 9.78 Å². The molecule has 0 spiro atoms. The fraction of sp³-hybridized carbons (Fsp3) is 0.250. The molecule has 0 bridgehead atoms. The summed E-state index contributed by atoms with van der Waals surface area (Å²) in [5.41, 5.74) is -1.48. The minimum absolute atomic E-state index is 0.0128. The Bertz CT molecular complexity index is 761. The highest BCUT2D eigenvalue weighted by molar-refractivity contribution is 6.32. The highest BCUT2D eigenvalue weighted by Gasteiger charge is 2.39. The van der Waals surface area contributed by atoms with Gasteiger partial charge >= 0.3 is 11.9 Å². The summed E-state index contributed by atoms with van der Waals surface area (Å²) in [6, 6.07) is 3.44. The second-order valence-electron chi connectivity index (χ2n) is 4.28. The first-order valence-electron chi connectivity index (χ1n) is 5.95. The summed E-state index contributed by atoms with van der Waals surface area (Å²) in [6.45, 7) is 0. The van der Waals surface area contributed by atoms with Crippen molar-refractivity contribution in [3.63, 3.8) is 0 Å². The third-order valence-electron chi connectivity index (χ3n) is 2.79. The average molecular weight is 352 g/mol. The minimum atomic E-state index is -4.70. The van der Waals surface area contributed by atoms with E-state index in [2.05, 4.69) is 5.10 Å². The molecular formula is C12H9ClF3N3O4. The van der Waals surface area contributed by atoms with E-state index >= 15 is 0 Å². The van der Waals surface area contributed by atoms with E-state index in [-0.39, 0.29) is 17.2 Å². The molecule has 1 aromatic carbocycles. The van der Waals surface area contributed by atoms with Crippen LogP contribution >= 0.6 is 11.6 Å². The lowest BCUT2D eigenvalue weighted by Crippen LogP contribution is -2.12. The third-order valence-corrected chi connectivity index (χ3v) is 3.13. The molecule has 11 heteroatoms. The molecule has 0 fully saturated rings. The maximum absolute atomic E-state index is 12.8. The molecule has 2 rings (SSSR count). The number of ether oxygens (including phenoxy) is 2. The second-order valence-corrected chi connectivity index (χ2v) is 4.66. The predicted octanol–water partition coefficient (Wildman–Crippen LogP) is 3.80. The maximum atomic E-state index is 12.8. The van der Waals surface area contributed by atoms with Crippen LogP contribution in [0.2, 0.25) is 5.02 Å². The Morgan fingerprint density at radius 1 is 1.39 bits per heavy atom. The molecule has 7 nitrogen and oxygen atoms in total. The van der Waals surface area contributed by atoms with Crippen molar-refractivity contribution in [1.29, 1.82) is 0 Å². The number of benzene rings is 1. The van der Waals surface area contributed by atoms with Gasteiger partial charge in [0.25, 0.3) is 5.88 Å². The minimum Gasteiger partial charge on any atom is -0.490 e. The Morgan fingerprint density at radius 3 is 2.52 bits per heavy atom. The Labute approximate surface area is 132 Å². The molecule has 0 radical (unpaired) electrons. The van der Waals surface area contributed by atoms with Crippen molar-refractivity contribution < 1.29 is 27.6 Å². The molecule has 0 aliphatic carbocycles. The first-order chi connectivity index (χ1) is 10.6. The van der Waals surface area contributed by atoms with Gasteiger partial charge in [0.05, 0.1) is 12.0 Å². The van der Waals surface area contributed by atoms with Crippen molar-refractivity contribution in [2.24, 2.45) is 7.05 Å². The number of halogens is 4. The van der Waals surface area contributed by atoms with Crippen LogP contribution in [0.3, 0.4) is 0 Å². The number of alkyl halides is 3. The fourth-order valence-corrected chi connectivity index (χ4v) is 2.14. The molecule has 0 saturated heterocycles. The van der Waals surface area contributed by atoms with Crippen molar-refractivity contribution in [2.75, 3.05) is 7.11 Å². The van der Waals surface area contributed by atoms with Crippen LogP contribution in [0.25, 0.3) is 0 Å². The van der Waals surface area contributed by atoms with Gasteiger partial charge in [0.1, 0.15) is 10.8 Å². The van der Waals surface area contributed by atoms with Crippen molar-refractivity contribution in [3.05, 3.63) is 39.0 Å². The number of nitro groups is 1. The number of hydrogen-bond acceptors (Lipinski definition) is 5. The zero-order chi connectivity index (χ0) is 17.4.